The summed E-state index contributed by atoms with van der Waals surface area (Å²) >= 11 is 0. The van der Waals surface area contributed by atoms with Crippen molar-refractivity contribution in [1.82, 2.24) is 9.71 Å². The van der Waals surface area contributed by atoms with Gasteiger partial charge in [0.2, 0.25) is 0 Å². The summed E-state index contributed by atoms with van der Waals surface area (Å²) in [6, 6.07) is 16.6. The standard InChI is InChI=1S/C17H19N2O4P/c1-3-13(2)22-24(20,21)23-19-16-12-8-7-11-15(16)18-17(19)14-9-5-4-6-10-14/h4-13H,3H2,1-2H3,(H,20,21). The number of hydrogen-bond donors (Lipinski definition) is 1. The molecule has 6 nitrogen and oxygen atoms in total. The Morgan fingerprint density at radius 2 is 1.83 bits per heavy atom. The second-order valence-electron chi connectivity index (χ2n) is 5.46. The maximum atomic E-state index is 12.3. The van der Waals surface area contributed by atoms with Crippen molar-refractivity contribution >= 4 is 18.9 Å². The molecule has 1 heterocycles. The van der Waals surface area contributed by atoms with Crippen molar-refractivity contribution < 1.29 is 18.6 Å². The van der Waals surface area contributed by atoms with Crippen molar-refractivity contribution in [3.63, 3.8) is 0 Å². The predicted octanol–water partition coefficient (Wildman–Crippen LogP) is 4.05. The van der Waals surface area contributed by atoms with E-state index >= 15 is 0 Å². The largest absolute Gasteiger partial charge is 0.546 e. The molecule has 0 amide bonds. The molecule has 0 radical (unpaired) electrons. The van der Waals surface area contributed by atoms with Gasteiger partial charge in [0.25, 0.3) is 0 Å². The molecule has 1 aromatic heterocycles. The highest BCUT2D eigenvalue weighted by Crippen LogP contribution is 2.43. The van der Waals surface area contributed by atoms with Crippen molar-refractivity contribution in [3.05, 3.63) is 54.6 Å². The Morgan fingerprint density at radius 1 is 1.17 bits per heavy atom. The second kappa shape index (κ2) is 6.77. The predicted molar refractivity (Wildman–Crippen MR) is 92.4 cm³/mol. The van der Waals surface area contributed by atoms with E-state index in [1.807, 2.05) is 55.5 Å². The summed E-state index contributed by atoms with van der Waals surface area (Å²) in [6.07, 6.45) is 0.209. The van der Waals surface area contributed by atoms with Gasteiger partial charge in [0.15, 0.2) is 5.82 Å². The SMILES string of the molecule is CCC(C)OP(=O)(O)On1c(-c2ccccc2)nc2ccccc21. The highest BCUT2D eigenvalue weighted by Gasteiger charge is 2.29. The van der Waals surface area contributed by atoms with Crippen LogP contribution in [0.5, 0.6) is 0 Å². The van der Waals surface area contributed by atoms with Crippen LogP contribution in [0.2, 0.25) is 0 Å². The third-order valence-electron chi connectivity index (χ3n) is 3.62. The monoisotopic (exact) mass is 346 g/mol. The van der Waals surface area contributed by atoms with Crippen LogP contribution in [-0.2, 0) is 9.09 Å². The van der Waals surface area contributed by atoms with E-state index in [1.165, 1.54) is 4.73 Å². The number of nitrogens with zero attached hydrogens (tertiary/aromatic N) is 2. The molecular weight excluding hydrogens is 327 g/mol. The minimum atomic E-state index is -4.28. The Kier molecular flexibility index (Phi) is 4.71. The van der Waals surface area contributed by atoms with Crippen LogP contribution in [0.15, 0.2) is 54.6 Å². The molecule has 0 bridgehead atoms. The highest BCUT2D eigenvalue weighted by atomic mass is 31.2. The van der Waals surface area contributed by atoms with Crippen LogP contribution < -0.4 is 4.62 Å². The van der Waals surface area contributed by atoms with Crippen molar-refractivity contribution in [2.24, 2.45) is 0 Å². The van der Waals surface area contributed by atoms with Crippen LogP contribution in [-0.4, -0.2) is 20.7 Å². The van der Waals surface area contributed by atoms with Crippen LogP contribution in [0.25, 0.3) is 22.4 Å². The van der Waals surface area contributed by atoms with E-state index in [2.05, 4.69) is 4.98 Å². The Hall–Kier alpha value is -2.14. The molecular formula is C17H19N2O4P. The first-order valence-electron chi connectivity index (χ1n) is 7.74. The number of hydrogen-bond acceptors (Lipinski definition) is 4. The number of benzene rings is 2. The molecule has 0 saturated heterocycles. The number of rotatable bonds is 6. The molecule has 1 N–H and O–H groups in total. The molecule has 0 spiro atoms. The normalized spacial score (nSPS) is 15.1. The van der Waals surface area contributed by atoms with Gasteiger partial charge < -0.3 is 4.62 Å². The molecule has 0 saturated carbocycles. The Bertz CT molecular complexity index is 879. The quantitative estimate of drug-likeness (QED) is 0.682. The minimum absolute atomic E-state index is 0.393. The molecule has 0 fully saturated rings. The zero-order valence-electron chi connectivity index (χ0n) is 13.5. The van der Waals surface area contributed by atoms with Gasteiger partial charge in [-0.1, -0.05) is 49.4 Å². The number of imidazole rings is 1. The lowest BCUT2D eigenvalue weighted by atomic mass is 10.2. The summed E-state index contributed by atoms with van der Waals surface area (Å²) < 4.78 is 24.1. The maximum absolute atomic E-state index is 12.3. The lowest BCUT2D eigenvalue weighted by Gasteiger charge is -2.18. The molecule has 0 aliphatic rings. The van der Waals surface area contributed by atoms with Crippen molar-refractivity contribution in [1.29, 1.82) is 0 Å². The number of aromatic nitrogens is 2. The zero-order valence-corrected chi connectivity index (χ0v) is 14.4. The zero-order chi connectivity index (χ0) is 17.2. The molecule has 3 aromatic rings. The molecule has 7 heteroatoms. The number of para-hydroxylation sites is 2. The van der Waals surface area contributed by atoms with Gasteiger partial charge >= 0.3 is 7.82 Å². The first kappa shape index (κ1) is 16.7. The number of fused-ring (bicyclic) bond motifs is 1. The number of phosphoric acid groups is 1. The molecule has 0 aliphatic carbocycles. The van der Waals surface area contributed by atoms with Gasteiger partial charge in [0.1, 0.15) is 5.52 Å². The molecule has 126 valence electrons. The fraction of sp³-hybridized carbons (Fsp3) is 0.235. The molecule has 24 heavy (non-hydrogen) atoms. The van der Waals surface area contributed by atoms with E-state index in [9.17, 15) is 9.46 Å². The highest BCUT2D eigenvalue weighted by molar-refractivity contribution is 7.47. The first-order chi connectivity index (χ1) is 11.5. The maximum Gasteiger partial charge on any atom is 0.546 e. The van der Waals surface area contributed by atoms with Crippen LogP contribution in [0.4, 0.5) is 0 Å². The van der Waals surface area contributed by atoms with Gasteiger partial charge in [-0.25, -0.2) is 9.55 Å². The first-order valence-corrected chi connectivity index (χ1v) is 9.24. The molecule has 2 atom stereocenters. The lowest BCUT2D eigenvalue weighted by Crippen LogP contribution is -2.15. The molecule has 0 aliphatic heterocycles. The van der Waals surface area contributed by atoms with E-state index in [0.717, 1.165) is 5.56 Å². The molecule has 2 aromatic carbocycles. The second-order valence-corrected chi connectivity index (χ2v) is 6.77. The summed E-state index contributed by atoms with van der Waals surface area (Å²) in [5.74, 6) is 0.443. The summed E-state index contributed by atoms with van der Waals surface area (Å²) in [5.41, 5.74) is 2.04. The van der Waals surface area contributed by atoms with Crippen molar-refractivity contribution in [3.8, 4) is 11.4 Å². The Morgan fingerprint density at radius 3 is 2.54 bits per heavy atom. The average Bonchev–Trinajstić information content (AvgIpc) is 2.93. The average molecular weight is 346 g/mol. The Balaban J connectivity index is 2.07. The fourth-order valence-electron chi connectivity index (χ4n) is 2.28. The van der Waals surface area contributed by atoms with Crippen LogP contribution in [0.3, 0.4) is 0 Å². The van der Waals surface area contributed by atoms with Gasteiger partial charge in [-0.05, 0) is 25.5 Å². The van der Waals surface area contributed by atoms with Gasteiger partial charge in [-0.2, -0.15) is 4.73 Å². The summed E-state index contributed by atoms with van der Waals surface area (Å²) in [5, 5.41) is 0. The minimum Gasteiger partial charge on any atom is -0.309 e. The van der Waals surface area contributed by atoms with Gasteiger partial charge in [-0.3, -0.25) is 9.42 Å². The fourth-order valence-corrected chi connectivity index (χ4v) is 3.29. The van der Waals surface area contributed by atoms with E-state index in [0.29, 0.717) is 23.3 Å². The topological polar surface area (TPSA) is 73.6 Å². The van der Waals surface area contributed by atoms with Crippen molar-refractivity contribution in [2.75, 3.05) is 0 Å². The van der Waals surface area contributed by atoms with Gasteiger partial charge in [0.05, 0.1) is 11.6 Å². The molecule has 2 unspecified atom stereocenters. The van der Waals surface area contributed by atoms with E-state index in [1.54, 1.807) is 13.0 Å². The van der Waals surface area contributed by atoms with E-state index < -0.39 is 13.9 Å². The summed E-state index contributed by atoms with van der Waals surface area (Å²) in [7, 11) is -4.28. The van der Waals surface area contributed by atoms with Gasteiger partial charge in [-0.15, -0.1) is 0 Å². The van der Waals surface area contributed by atoms with Crippen LogP contribution in [0.1, 0.15) is 20.3 Å². The van der Waals surface area contributed by atoms with Crippen molar-refractivity contribution in [2.45, 2.75) is 26.4 Å². The molecule has 3 rings (SSSR count). The van der Waals surface area contributed by atoms with Gasteiger partial charge in [0, 0.05) is 5.56 Å². The van der Waals surface area contributed by atoms with E-state index in [-0.39, 0.29) is 0 Å². The smallest absolute Gasteiger partial charge is 0.309 e. The Labute approximate surface area is 140 Å². The summed E-state index contributed by atoms with van der Waals surface area (Å²) in [6.45, 7) is 3.59. The lowest BCUT2D eigenvalue weighted by molar-refractivity contribution is 0.107. The third kappa shape index (κ3) is 3.51. The third-order valence-corrected chi connectivity index (χ3v) is 4.62. The van der Waals surface area contributed by atoms with Crippen LogP contribution in [0, 0.1) is 0 Å². The van der Waals surface area contributed by atoms with E-state index in [4.69, 9.17) is 9.15 Å². The number of phosphoric ester groups is 1. The summed E-state index contributed by atoms with van der Waals surface area (Å²) in [4.78, 5) is 14.6. The van der Waals surface area contributed by atoms with Crippen LogP contribution >= 0.6 is 7.82 Å².